The summed E-state index contributed by atoms with van der Waals surface area (Å²) in [6.07, 6.45) is 3.02. The third kappa shape index (κ3) is 3.06. The van der Waals surface area contributed by atoms with Gasteiger partial charge in [0.15, 0.2) is 0 Å². The number of nitrogens with one attached hydrogen (secondary N) is 1. The lowest BCUT2D eigenvalue weighted by molar-refractivity contribution is 0.469. The highest BCUT2D eigenvalue weighted by Crippen LogP contribution is 2.35. The normalized spacial score (nSPS) is 18.0. The van der Waals surface area contributed by atoms with Crippen LogP contribution in [0.25, 0.3) is 0 Å². The molecule has 1 aliphatic heterocycles. The van der Waals surface area contributed by atoms with Gasteiger partial charge < -0.3 is 5.32 Å². The molecule has 0 aliphatic carbocycles. The fraction of sp³-hybridized carbons (Fsp3) is 0.471. The summed E-state index contributed by atoms with van der Waals surface area (Å²) in [6, 6.07) is 7.18. The highest BCUT2D eigenvalue weighted by atomic mass is 32.2. The Bertz CT molecular complexity index is 630. The van der Waals surface area contributed by atoms with Crippen molar-refractivity contribution in [3.05, 3.63) is 41.5 Å². The Morgan fingerprint density at radius 3 is 2.64 bits per heavy atom. The van der Waals surface area contributed by atoms with Crippen molar-refractivity contribution in [2.45, 2.75) is 48.9 Å². The lowest BCUT2D eigenvalue weighted by atomic mass is 10.2. The number of aryl methyl sites for hydroxylation is 1. The molecule has 1 aromatic heterocycles. The summed E-state index contributed by atoms with van der Waals surface area (Å²) in [6.45, 7) is 6.39. The van der Waals surface area contributed by atoms with Crippen molar-refractivity contribution in [3.63, 3.8) is 0 Å². The summed E-state index contributed by atoms with van der Waals surface area (Å²) in [4.78, 5) is 2.32. The van der Waals surface area contributed by atoms with E-state index in [4.69, 9.17) is 5.10 Å². The minimum atomic E-state index is -0.191. The Kier molecular flexibility index (Phi) is 4.84. The molecule has 22 heavy (non-hydrogen) atoms. The first-order valence-electron chi connectivity index (χ1n) is 7.97. The van der Waals surface area contributed by atoms with E-state index in [2.05, 4.69) is 23.8 Å². The summed E-state index contributed by atoms with van der Waals surface area (Å²) >= 11 is 1.71. The third-order valence-corrected chi connectivity index (χ3v) is 5.30. The first-order valence-corrected chi connectivity index (χ1v) is 8.79. The molecule has 1 saturated heterocycles. The molecule has 0 bridgehead atoms. The summed E-state index contributed by atoms with van der Waals surface area (Å²) in [5.74, 6) is -0.191. The molecule has 2 heterocycles. The van der Waals surface area contributed by atoms with Gasteiger partial charge in [-0.3, -0.25) is 4.68 Å². The molecule has 3 nitrogen and oxygen atoms in total. The van der Waals surface area contributed by atoms with Crippen LogP contribution in [0.2, 0.25) is 0 Å². The molecule has 1 atom stereocenters. The second kappa shape index (κ2) is 6.84. The van der Waals surface area contributed by atoms with Crippen molar-refractivity contribution in [1.29, 1.82) is 0 Å². The van der Waals surface area contributed by atoms with Crippen molar-refractivity contribution in [2.24, 2.45) is 0 Å². The smallest absolute Gasteiger partial charge is 0.123 e. The third-order valence-electron chi connectivity index (χ3n) is 4.11. The molecular formula is C17H22FN3S. The van der Waals surface area contributed by atoms with Crippen molar-refractivity contribution < 1.29 is 4.39 Å². The Morgan fingerprint density at radius 1 is 1.27 bits per heavy atom. The van der Waals surface area contributed by atoms with Crippen LogP contribution in [0, 0.1) is 5.82 Å². The van der Waals surface area contributed by atoms with Crippen molar-refractivity contribution in [2.75, 3.05) is 13.1 Å². The van der Waals surface area contributed by atoms with E-state index in [1.807, 2.05) is 12.1 Å². The van der Waals surface area contributed by atoms with Crippen molar-refractivity contribution >= 4 is 11.8 Å². The largest absolute Gasteiger partial charge is 0.315 e. The van der Waals surface area contributed by atoms with Gasteiger partial charge in [-0.25, -0.2) is 4.39 Å². The lowest BCUT2D eigenvalue weighted by Gasteiger charge is -2.13. The van der Waals surface area contributed by atoms with E-state index >= 15 is 0 Å². The van der Waals surface area contributed by atoms with Crippen LogP contribution >= 0.6 is 11.8 Å². The number of hydrogen-bond donors (Lipinski definition) is 1. The molecule has 3 rings (SSSR count). The molecule has 0 saturated carbocycles. The van der Waals surface area contributed by atoms with E-state index < -0.39 is 0 Å². The summed E-state index contributed by atoms with van der Waals surface area (Å²) in [7, 11) is 0. The Labute approximate surface area is 135 Å². The topological polar surface area (TPSA) is 29.9 Å². The number of benzene rings is 1. The number of rotatable bonds is 5. The quantitative estimate of drug-likeness (QED) is 0.908. The number of aromatic nitrogens is 2. The van der Waals surface area contributed by atoms with Gasteiger partial charge in [0.05, 0.1) is 22.3 Å². The maximum absolute atomic E-state index is 13.1. The van der Waals surface area contributed by atoms with E-state index in [-0.39, 0.29) is 5.82 Å². The maximum Gasteiger partial charge on any atom is 0.123 e. The SMILES string of the molecule is CCc1nn(C2CCNC2)c(CC)c1Sc1ccc(F)cc1. The molecule has 0 spiro atoms. The predicted octanol–water partition coefficient (Wildman–Crippen LogP) is 3.83. The van der Waals surface area contributed by atoms with Crippen LogP contribution < -0.4 is 5.32 Å². The van der Waals surface area contributed by atoms with Crippen molar-refractivity contribution in [3.8, 4) is 0 Å². The highest BCUT2D eigenvalue weighted by Gasteiger charge is 2.24. The molecule has 1 N–H and O–H groups in total. The van der Waals surface area contributed by atoms with Gasteiger partial charge in [-0.1, -0.05) is 25.6 Å². The molecule has 1 aliphatic rings. The number of halogens is 1. The molecule has 0 amide bonds. The van der Waals surface area contributed by atoms with Crippen LogP contribution in [-0.4, -0.2) is 22.9 Å². The molecule has 5 heteroatoms. The van der Waals surface area contributed by atoms with Gasteiger partial charge in [0, 0.05) is 11.4 Å². The molecular weight excluding hydrogens is 297 g/mol. The number of nitrogens with zero attached hydrogens (tertiary/aromatic N) is 2. The van der Waals surface area contributed by atoms with Crippen LogP contribution in [0.3, 0.4) is 0 Å². The summed E-state index contributed by atoms with van der Waals surface area (Å²) < 4.78 is 15.3. The maximum atomic E-state index is 13.1. The Hall–Kier alpha value is -1.33. The van der Waals surface area contributed by atoms with Crippen LogP contribution in [0.4, 0.5) is 4.39 Å². The average molecular weight is 319 g/mol. The monoisotopic (exact) mass is 319 g/mol. The van der Waals surface area contributed by atoms with Gasteiger partial charge >= 0.3 is 0 Å². The molecule has 1 unspecified atom stereocenters. The molecule has 1 fully saturated rings. The molecule has 2 aromatic rings. The van der Waals surface area contributed by atoms with Crippen LogP contribution in [0.15, 0.2) is 34.1 Å². The van der Waals surface area contributed by atoms with E-state index in [1.165, 1.54) is 22.7 Å². The second-order valence-electron chi connectivity index (χ2n) is 5.58. The van der Waals surface area contributed by atoms with Crippen LogP contribution in [-0.2, 0) is 12.8 Å². The van der Waals surface area contributed by atoms with Crippen LogP contribution in [0.5, 0.6) is 0 Å². The average Bonchev–Trinajstić information content (AvgIpc) is 3.16. The zero-order valence-corrected chi connectivity index (χ0v) is 13.9. The zero-order valence-electron chi connectivity index (χ0n) is 13.1. The van der Waals surface area contributed by atoms with Gasteiger partial charge in [-0.05, 0) is 50.1 Å². The molecule has 1 aromatic carbocycles. The highest BCUT2D eigenvalue weighted by molar-refractivity contribution is 7.99. The minimum absolute atomic E-state index is 0.191. The Balaban J connectivity index is 1.95. The van der Waals surface area contributed by atoms with E-state index in [0.29, 0.717) is 6.04 Å². The summed E-state index contributed by atoms with van der Waals surface area (Å²) in [5.41, 5.74) is 2.46. The van der Waals surface area contributed by atoms with E-state index in [1.54, 1.807) is 11.8 Å². The standard InChI is InChI=1S/C17H22FN3S/c1-3-15-17(22-14-7-5-12(18)6-8-14)16(4-2)21(20-15)13-9-10-19-11-13/h5-8,13,19H,3-4,9-11H2,1-2H3. The fourth-order valence-electron chi connectivity index (χ4n) is 2.95. The molecule has 0 radical (unpaired) electrons. The predicted molar refractivity (Wildman–Crippen MR) is 88.0 cm³/mol. The second-order valence-corrected chi connectivity index (χ2v) is 6.66. The van der Waals surface area contributed by atoms with Crippen LogP contribution in [0.1, 0.15) is 37.7 Å². The Morgan fingerprint density at radius 2 is 2.05 bits per heavy atom. The van der Waals surface area contributed by atoms with E-state index in [0.717, 1.165) is 42.9 Å². The first kappa shape index (κ1) is 15.6. The van der Waals surface area contributed by atoms with Gasteiger partial charge in [0.2, 0.25) is 0 Å². The number of hydrogen-bond acceptors (Lipinski definition) is 3. The van der Waals surface area contributed by atoms with E-state index in [9.17, 15) is 4.39 Å². The minimum Gasteiger partial charge on any atom is -0.315 e. The summed E-state index contributed by atoms with van der Waals surface area (Å²) in [5, 5.41) is 8.29. The molecule has 118 valence electrons. The lowest BCUT2D eigenvalue weighted by Crippen LogP contribution is -2.16. The zero-order chi connectivity index (χ0) is 15.5. The fourth-order valence-corrected chi connectivity index (χ4v) is 4.12. The van der Waals surface area contributed by atoms with Gasteiger partial charge in [-0.2, -0.15) is 5.10 Å². The van der Waals surface area contributed by atoms with Gasteiger partial charge in [0.1, 0.15) is 5.82 Å². The van der Waals surface area contributed by atoms with Crippen molar-refractivity contribution in [1.82, 2.24) is 15.1 Å². The van der Waals surface area contributed by atoms with Gasteiger partial charge in [0.25, 0.3) is 0 Å². The van der Waals surface area contributed by atoms with Gasteiger partial charge in [-0.15, -0.1) is 0 Å². The first-order chi connectivity index (χ1) is 10.7.